The molecule has 1 atom stereocenters. The van der Waals surface area contributed by atoms with Gasteiger partial charge in [-0.25, -0.2) is 0 Å². The Kier molecular flexibility index (Phi) is 4.85. The summed E-state index contributed by atoms with van der Waals surface area (Å²) >= 11 is 1.30. The fourth-order valence-corrected chi connectivity index (χ4v) is 3.23. The Bertz CT molecular complexity index is 906. The van der Waals surface area contributed by atoms with Gasteiger partial charge in [-0.3, -0.25) is 4.79 Å². The molecule has 0 bridgehead atoms. The van der Waals surface area contributed by atoms with E-state index in [0.717, 1.165) is 16.8 Å². The lowest BCUT2D eigenvalue weighted by molar-refractivity contribution is 0.0993. The third-order valence-electron chi connectivity index (χ3n) is 3.98. The summed E-state index contributed by atoms with van der Waals surface area (Å²) < 4.78 is 1.55. The second-order valence-electron chi connectivity index (χ2n) is 5.81. The maximum absolute atomic E-state index is 12.7. The molecule has 0 fully saturated rings. The van der Waals surface area contributed by atoms with Crippen molar-refractivity contribution < 1.29 is 9.90 Å². The Labute approximate surface area is 149 Å². The highest BCUT2D eigenvalue weighted by Crippen LogP contribution is 2.26. The van der Waals surface area contributed by atoms with Crippen LogP contribution in [0.15, 0.2) is 47.6 Å². The summed E-state index contributed by atoms with van der Waals surface area (Å²) in [7, 11) is 0. The number of thioether (sulfide) groups is 1. The van der Waals surface area contributed by atoms with Crippen molar-refractivity contribution in [3.63, 3.8) is 0 Å². The fraction of sp³-hybridized carbons (Fsp3) is 0.222. The van der Waals surface area contributed by atoms with Crippen molar-refractivity contribution in [3.8, 4) is 11.4 Å². The number of ketones is 1. The van der Waals surface area contributed by atoms with E-state index in [2.05, 4.69) is 15.5 Å². The minimum absolute atomic E-state index is 0.0355. The first-order chi connectivity index (χ1) is 12.0. The molecule has 3 rings (SSSR count). The highest BCUT2D eigenvalue weighted by Gasteiger charge is 2.20. The number of aryl methyl sites for hydroxylation is 2. The summed E-state index contributed by atoms with van der Waals surface area (Å²) in [5.41, 5.74) is 3.66. The second kappa shape index (κ2) is 7.06. The largest absolute Gasteiger partial charge is 0.508 e. The zero-order valence-electron chi connectivity index (χ0n) is 14.2. The molecule has 128 valence electrons. The van der Waals surface area contributed by atoms with E-state index < -0.39 is 0 Å². The Balaban J connectivity index is 1.80. The average Bonchev–Trinajstić information content (AvgIpc) is 3.05. The quantitative estimate of drug-likeness (QED) is 0.559. The summed E-state index contributed by atoms with van der Waals surface area (Å²) in [6.45, 7) is 5.86. The molecule has 0 saturated carbocycles. The van der Waals surface area contributed by atoms with Crippen LogP contribution in [-0.4, -0.2) is 36.3 Å². The lowest BCUT2D eigenvalue weighted by Crippen LogP contribution is -2.15. The van der Waals surface area contributed by atoms with Gasteiger partial charge >= 0.3 is 0 Å². The maximum atomic E-state index is 12.7. The van der Waals surface area contributed by atoms with Crippen molar-refractivity contribution in [3.05, 3.63) is 59.2 Å². The van der Waals surface area contributed by atoms with Crippen LogP contribution in [0.4, 0.5) is 0 Å². The SMILES string of the molecule is Cc1ccc(C(=O)[C@@H](C)Sc2nnnn2-c2ccc(O)cc2)cc1C. The number of aromatic nitrogens is 4. The first kappa shape index (κ1) is 17.2. The summed E-state index contributed by atoms with van der Waals surface area (Å²) in [6, 6.07) is 12.3. The van der Waals surface area contributed by atoms with E-state index in [1.54, 1.807) is 28.9 Å². The smallest absolute Gasteiger partial charge is 0.214 e. The summed E-state index contributed by atoms with van der Waals surface area (Å²) in [4.78, 5) is 12.7. The molecular formula is C18H18N4O2S. The van der Waals surface area contributed by atoms with Gasteiger partial charge in [-0.1, -0.05) is 23.9 Å². The number of aromatic hydroxyl groups is 1. The van der Waals surface area contributed by atoms with Crippen LogP contribution in [0.5, 0.6) is 5.75 Å². The van der Waals surface area contributed by atoms with Gasteiger partial charge in [0.2, 0.25) is 5.16 Å². The zero-order valence-corrected chi connectivity index (χ0v) is 15.0. The number of Topliss-reactive ketones (excluding diaryl/α,β-unsaturated/α-hetero) is 1. The highest BCUT2D eigenvalue weighted by atomic mass is 32.2. The number of carbonyl (C=O) groups is 1. The van der Waals surface area contributed by atoms with Crippen LogP contribution in [0.1, 0.15) is 28.4 Å². The van der Waals surface area contributed by atoms with Gasteiger partial charge < -0.3 is 5.11 Å². The van der Waals surface area contributed by atoms with Gasteiger partial charge in [0.05, 0.1) is 10.9 Å². The molecule has 0 radical (unpaired) electrons. The lowest BCUT2D eigenvalue weighted by Gasteiger charge is -2.11. The Hall–Kier alpha value is -2.67. The molecule has 1 heterocycles. The van der Waals surface area contributed by atoms with Crippen LogP contribution in [0.3, 0.4) is 0 Å². The molecule has 0 amide bonds. The number of carbonyl (C=O) groups excluding carboxylic acids is 1. The van der Waals surface area contributed by atoms with Crippen LogP contribution in [0.2, 0.25) is 0 Å². The van der Waals surface area contributed by atoms with Crippen LogP contribution >= 0.6 is 11.8 Å². The molecule has 25 heavy (non-hydrogen) atoms. The van der Waals surface area contributed by atoms with Gasteiger partial charge in [-0.05, 0) is 72.7 Å². The molecule has 0 saturated heterocycles. The summed E-state index contributed by atoms with van der Waals surface area (Å²) in [5.74, 6) is 0.206. The monoisotopic (exact) mass is 354 g/mol. The molecule has 0 aliphatic rings. The van der Waals surface area contributed by atoms with Gasteiger partial charge in [-0.15, -0.1) is 5.10 Å². The maximum Gasteiger partial charge on any atom is 0.214 e. The number of benzene rings is 2. The number of rotatable bonds is 5. The Morgan fingerprint density at radius 3 is 2.52 bits per heavy atom. The predicted molar refractivity (Wildman–Crippen MR) is 96.4 cm³/mol. The Morgan fingerprint density at radius 2 is 1.84 bits per heavy atom. The number of hydrogen-bond acceptors (Lipinski definition) is 6. The number of tetrazole rings is 1. The Morgan fingerprint density at radius 1 is 1.12 bits per heavy atom. The van der Waals surface area contributed by atoms with E-state index in [1.165, 1.54) is 11.8 Å². The van der Waals surface area contributed by atoms with E-state index in [0.29, 0.717) is 10.7 Å². The molecule has 6 nitrogen and oxygen atoms in total. The number of hydrogen-bond donors (Lipinski definition) is 1. The normalized spacial score (nSPS) is 12.1. The predicted octanol–water partition coefficient (Wildman–Crippen LogP) is 3.35. The van der Waals surface area contributed by atoms with Crippen LogP contribution in [0.25, 0.3) is 5.69 Å². The van der Waals surface area contributed by atoms with Gasteiger partial charge in [-0.2, -0.15) is 4.68 Å². The second-order valence-corrected chi connectivity index (χ2v) is 7.12. The van der Waals surface area contributed by atoms with Crippen LogP contribution in [-0.2, 0) is 0 Å². The van der Waals surface area contributed by atoms with E-state index in [9.17, 15) is 9.90 Å². The molecule has 0 unspecified atom stereocenters. The molecule has 7 heteroatoms. The van der Waals surface area contributed by atoms with Gasteiger partial charge in [0, 0.05) is 5.56 Å². The summed E-state index contributed by atoms with van der Waals surface area (Å²) in [6.07, 6.45) is 0. The molecule has 3 aromatic rings. The zero-order chi connectivity index (χ0) is 18.0. The van der Waals surface area contributed by atoms with Crippen molar-refractivity contribution in [2.24, 2.45) is 0 Å². The molecule has 2 aromatic carbocycles. The van der Waals surface area contributed by atoms with Crippen molar-refractivity contribution in [1.82, 2.24) is 20.2 Å². The third-order valence-corrected chi connectivity index (χ3v) is 5.01. The van der Waals surface area contributed by atoms with Crippen molar-refractivity contribution in [1.29, 1.82) is 0 Å². The first-order valence-electron chi connectivity index (χ1n) is 7.81. The van der Waals surface area contributed by atoms with Crippen molar-refractivity contribution in [2.75, 3.05) is 0 Å². The molecule has 0 aliphatic carbocycles. The highest BCUT2D eigenvalue weighted by molar-refractivity contribution is 8.00. The fourth-order valence-electron chi connectivity index (χ4n) is 2.35. The molecule has 1 aromatic heterocycles. The van der Waals surface area contributed by atoms with Gasteiger partial charge in [0.25, 0.3) is 0 Å². The number of phenolic OH excluding ortho intramolecular Hbond substituents is 1. The number of nitrogens with zero attached hydrogens (tertiary/aromatic N) is 4. The van der Waals surface area contributed by atoms with E-state index >= 15 is 0 Å². The minimum atomic E-state index is -0.330. The van der Waals surface area contributed by atoms with E-state index in [-0.39, 0.29) is 16.8 Å². The van der Waals surface area contributed by atoms with Crippen molar-refractivity contribution >= 4 is 17.5 Å². The van der Waals surface area contributed by atoms with E-state index in [4.69, 9.17) is 0 Å². The van der Waals surface area contributed by atoms with Gasteiger partial charge in [0.1, 0.15) is 5.75 Å². The molecular weight excluding hydrogens is 336 g/mol. The lowest BCUT2D eigenvalue weighted by atomic mass is 10.0. The van der Waals surface area contributed by atoms with Crippen LogP contribution < -0.4 is 0 Å². The standard InChI is InChI=1S/C18H18N4O2S/c1-11-4-5-14(10-12(11)2)17(24)13(3)25-18-19-20-21-22(18)15-6-8-16(23)9-7-15/h4-10,13,23H,1-3H3/t13-/m1/s1. The first-order valence-corrected chi connectivity index (χ1v) is 8.69. The molecule has 0 aliphatic heterocycles. The molecule has 1 N–H and O–H groups in total. The third kappa shape index (κ3) is 3.71. The molecule has 0 spiro atoms. The van der Waals surface area contributed by atoms with Crippen LogP contribution in [0, 0.1) is 13.8 Å². The number of phenols is 1. The van der Waals surface area contributed by atoms with E-state index in [1.807, 2.05) is 39.0 Å². The summed E-state index contributed by atoms with van der Waals surface area (Å²) in [5, 5.41) is 21.3. The van der Waals surface area contributed by atoms with Crippen molar-refractivity contribution in [2.45, 2.75) is 31.2 Å². The van der Waals surface area contributed by atoms with Gasteiger partial charge in [0.15, 0.2) is 5.78 Å². The topological polar surface area (TPSA) is 80.9 Å². The minimum Gasteiger partial charge on any atom is -0.508 e. The average molecular weight is 354 g/mol.